The summed E-state index contributed by atoms with van der Waals surface area (Å²) in [6, 6.07) is 9.49. The molecule has 7 nitrogen and oxygen atoms in total. The van der Waals surface area contributed by atoms with Crippen molar-refractivity contribution in [3.63, 3.8) is 0 Å². The molecule has 1 fully saturated rings. The zero-order valence-corrected chi connectivity index (χ0v) is 17.3. The van der Waals surface area contributed by atoms with E-state index in [0.717, 1.165) is 5.56 Å². The molecule has 0 saturated carbocycles. The van der Waals surface area contributed by atoms with E-state index in [2.05, 4.69) is 5.10 Å². The first kappa shape index (κ1) is 20.2. The molecular weight excluding hydrogens is 356 g/mol. The van der Waals surface area contributed by atoms with Gasteiger partial charge in [0.1, 0.15) is 5.60 Å². The number of piperazine rings is 1. The first-order valence-electron chi connectivity index (χ1n) is 9.84. The zero-order valence-electron chi connectivity index (χ0n) is 17.3. The van der Waals surface area contributed by atoms with Crippen LogP contribution in [0.2, 0.25) is 0 Å². The second-order valence-electron chi connectivity index (χ2n) is 8.58. The van der Waals surface area contributed by atoms with Crippen molar-refractivity contribution >= 4 is 18.3 Å². The van der Waals surface area contributed by atoms with Gasteiger partial charge in [0.25, 0.3) is 0 Å². The lowest BCUT2D eigenvalue weighted by Crippen LogP contribution is -2.62. The third-order valence-electron chi connectivity index (χ3n) is 5.00. The molecule has 2 aliphatic rings. The van der Waals surface area contributed by atoms with Gasteiger partial charge < -0.3 is 14.5 Å². The minimum absolute atomic E-state index is 0.0861. The number of hydrogen-bond donors (Lipinski definition) is 0. The molecule has 2 aliphatic heterocycles. The van der Waals surface area contributed by atoms with Gasteiger partial charge in [-0.05, 0) is 40.2 Å². The van der Waals surface area contributed by atoms with Crippen molar-refractivity contribution in [1.82, 2.24) is 14.8 Å². The predicted molar refractivity (Wildman–Crippen MR) is 108 cm³/mol. The molecule has 0 aromatic heterocycles. The van der Waals surface area contributed by atoms with Gasteiger partial charge in [-0.25, -0.2) is 14.6 Å². The zero-order chi connectivity index (χ0) is 20.5. The van der Waals surface area contributed by atoms with E-state index in [1.807, 2.05) is 69.9 Å². The van der Waals surface area contributed by atoms with Gasteiger partial charge in [0.15, 0.2) is 0 Å². The van der Waals surface area contributed by atoms with Crippen molar-refractivity contribution in [1.29, 1.82) is 0 Å². The largest absolute Gasteiger partial charge is 0.444 e. The Kier molecular flexibility index (Phi) is 5.63. The maximum atomic E-state index is 13.3. The summed E-state index contributed by atoms with van der Waals surface area (Å²) in [6.45, 7) is 10.4. The van der Waals surface area contributed by atoms with Gasteiger partial charge in [-0.2, -0.15) is 5.10 Å². The summed E-state index contributed by atoms with van der Waals surface area (Å²) < 4.78 is 5.49. The van der Waals surface area contributed by atoms with Crippen LogP contribution in [-0.2, 0) is 4.74 Å². The molecule has 1 saturated heterocycles. The van der Waals surface area contributed by atoms with Gasteiger partial charge in [-0.3, -0.25) is 0 Å². The number of benzene rings is 1. The molecule has 0 N–H and O–H groups in total. The molecule has 3 atom stereocenters. The summed E-state index contributed by atoms with van der Waals surface area (Å²) in [6.07, 6.45) is 2.16. The van der Waals surface area contributed by atoms with E-state index in [0.29, 0.717) is 19.5 Å². The van der Waals surface area contributed by atoms with Crippen LogP contribution in [0.25, 0.3) is 0 Å². The summed E-state index contributed by atoms with van der Waals surface area (Å²) in [5.74, 6) is 0. The highest BCUT2D eigenvalue weighted by Gasteiger charge is 2.40. The molecular formula is C21H30N4O3. The molecule has 7 heteroatoms. The van der Waals surface area contributed by atoms with E-state index in [4.69, 9.17) is 4.74 Å². The van der Waals surface area contributed by atoms with Crippen LogP contribution in [0.15, 0.2) is 35.4 Å². The van der Waals surface area contributed by atoms with Crippen LogP contribution < -0.4 is 0 Å². The molecule has 28 heavy (non-hydrogen) atoms. The standard InChI is InChI=1S/C21H30N4O3/c1-15-13-23(20(27)28-21(3,4)5)14-16(2)24(15)19(26)25-18(11-12-22-25)17-9-7-6-8-10-17/h6-10,12,15-16,18H,11,13-14H2,1-5H3/t15-,16+,18?. The van der Waals surface area contributed by atoms with Gasteiger partial charge in [-0.15, -0.1) is 0 Å². The minimum atomic E-state index is -0.538. The quantitative estimate of drug-likeness (QED) is 0.736. The van der Waals surface area contributed by atoms with Crippen molar-refractivity contribution in [3.8, 4) is 0 Å². The lowest BCUT2D eigenvalue weighted by Gasteiger charge is -2.45. The molecule has 0 radical (unpaired) electrons. The van der Waals surface area contributed by atoms with Crippen LogP contribution in [0.5, 0.6) is 0 Å². The maximum absolute atomic E-state index is 13.3. The Bertz CT molecular complexity index is 732. The lowest BCUT2D eigenvalue weighted by atomic mass is 10.0. The van der Waals surface area contributed by atoms with Crippen molar-refractivity contribution in [2.24, 2.45) is 5.10 Å². The molecule has 1 unspecified atom stereocenters. The molecule has 3 rings (SSSR count). The number of hydrogen-bond acceptors (Lipinski definition) is 4. The fourth-order valence-electron chi connectivity index (χ4n) is 3.84. The highest BCUT2D eigenvalue weighted by molar-refractivity contribution is 5.79. The summed E-state index contributed by atoms with van der Waals surface area (Å²) in [4.78, 5) is 29.3. The highest BCUT2D eigenvalue weighted by Crippen LogP contribution is 2.31. The molecule has 0 aliphatic carbocycles. The lowest BCUT2D eigenvalue weighted by molar-refractivity contribution is -0.00305. The molecule has 1 aromatic rings. The van der Waals surface area contributed by atoms with Crippen LogP contribution in [0, 0.1) is 0 Å². The Morgan fingerprint density at radius 2 is 1.68 bits per heavy atom. The van der Waals surface area contributed by atoms with E-state index in [1.54, 1.807) is 16.1 Å². The first-order valence-corrected chi connectivity index (χ1v) is 9.84. The van der Waals surface area contributed by atoms with Gasteiger partial charge in [0, 0.05) is 37.8 Å². The third-order valence-corrected chi connectivity index (χ3v) is 5.00. The predicted octanol–water partition coefficient (Wildman–Crippen LogP) is 3.87. The fourth-order valence-corrected chi connectivity index (χ4v) is 3.84. The second kappa shape index (κ2) is 7.81. The Morgan fingerprint density at radius 3 is 2.25 bits per heavy atom. The first-order chi connectivity index (χ1) is 13.2. The van der Waals surface area contributed by atoms with E-state index < -0.39 is 5.60 Å². The number of nitrogens with zero attached hydrogens (tertiary/aromatic N) is 4. The maximum Gasteiger partial charge on any atom is 0.410 e. The number of carbonyl (C=O) groups is 2. The SMILES string of the molecule is C[C@@H]1CN(C(=O)OC(C)(C)C)C[C@H](C)N1C(=O)N1N=CCC1c1ccccc1. The normalized spacial score (nSPS) is 25.2. The van der Waals surface area contributed by atoms with Crippen molar-refractivity contribution < 1.29 is 14.3 Å². The van der Waals surface area contributed by atoms with Gasteiger partial charge in [0.05, 0.1) is 6.04 Å². The highest BCUT2D eigenvalue weighted by atomic mass is 16.6. The van der Waals surface area contributed by atoms with E-state index in [1.165, 1.54) is 0 Å². The minimum Gasteiger partial charge on any atom is -0.444 e. The Labute approximate surface area is 166 Å². The van der Waals surface area contributed by atoms with Gasteiger partial charge in [-0.1, -0.05) is 30.3 Å². The monoisotopic (exact) mass is 386 g/mol. The Hall–Kier alpha value is -2.57. The average Bonchev–Trinajstić information content (AvgIpc) is 3.10. The van der Waals surface area contributed by atoms with Crippen molar-refractivity contribution in [3.05, 3.63) is 35.9 Å². The van der Waals surface area contributed by atoms with E-state index in [-0.39, 0.29) is 30.2 Å². The van der Waals surface area contributed by atoms with Crippen molar-refractivity contribution in [2.45, 2.75) is 64.8 Å². The number of rotatable bonds is 1. The van der Waals surface area contributed by atoms with Crippen LogP contribution in [0.1, 0.15) is 52.6 Å². The molecule has 0 bridgehead atoms. The molecule has 0 spiro atoms. The van der Waals surface area contributed by atoms with Crippen LogP contribution in [-0.4, -0.2) is 63.9 Å². The topological polar surface area (TPSA) is 65.5 Å². The van der Waals surface area contributed by atoms with Crippen LogP contribution in [0.3, 0.4) is 0 Å². The molecule has 1 aromatic carbocycles. The van der Waals surface area contributed by atoms with E-state index >= 15 is 0 Å². The molecule has 2 heterocycles. The summed E-state index contributed by atoms with van der Waals surface area (Å²) >= 11 is 0. The average molecular weight is 386 g/mol. The Morgan fingerprint density at radius 1 is 1.07 bits per heavy atom. The van der Waals surface area contributed by atoms with Crippen LogP contribution >= 0.6 is 0 Å². The van der Waals surface area contributed by atoms with Crippen molar-refractivity contribution in [2.75, 3.05) is 13.1 Å². The van der Waals surface area contributed by atoms with Crippen LogP contribution in [0.4, 0.5) is 9.59 Å². The van der Waals surface area contributed by atoms with Gasteiger partial charge >= 0.3 is 12.1 Å². The van der Waals surface area contributed by atoms with Gasteiger partial charge in [0.2, 0.25) is 0 Å². The van der Waals surface area contributed by atoms with E-state index in [9.17, 15) is 9.59 Å². The smallest absolute Gasteiger partial charge is 0.410 e. The fraction of sp³-hybridized carbons (Fsp3) is 0.571. The number of carbonyl (C=O) groups excluding carboxylic acids is 2. The number of amides is 3. The molecule has 152 valence electrons. The summed E-state index contributed by atoms with van der Waals surface area (Å²) in [7, 11) is 0. The summed E-state index contributed by atoms with van der Waals surface area (Å²) in [5.41, 5.74) is 0.532. The molecule has 3 amide bonds. The Balaban J connectivity index is 1.71. The number of ether oxygens (including phenoxy) is 1. The number of urea groups is 1. The third kappa shape index (κ3) is 4.29. The second-order valence-corrected chi connectivity index (χ2v) is 8.58. The number of hydrazone groups is 1. The summed E-state index contributed by atoms with van der Waals surface area (Å²) in [5, 5.41) is 5.93.